The normalized spacial score (nSPS) is 15.7. The molecule has 3 heteroatoms. The van der Waals surface area contributed by atoms with Crippen LogP contribution >= 0.6 is 11.3 Å². The van der Waals surface area contributed by atoms with Gasteiger partial charge in [0, 0.05) is 28.1 Å². The molecule has 1 aliphatic carbocycles. The Hall–Kier alpha value is -1.19. The Labute approximate surface area is 111 Å². The van der Waals surface area contributed by atoms with Gasteiger partial charge in [-0.3, -0.25) is 4.98 Å². The first kappa shape index (κ1) is 11.9. The van der Waals surface area contributed by atoms with E-state index in [2.05, 4.69) is 11.1 Å². The summed E-state index contributed by atoms with van der Waals surface area (Å²) in [6.07, 6.45) is 5.71. The molecule has 2 aromatic rings. The smallest absolute Gasteiger partial charge is 0.0937 e. The maximum absolute atomic E-state index is 10.3. The number of aliphatic hydroxyl groups excluding tert-OH is 1. The summed E-state index contributed by atoms with van der Waals surface area (Å²) in [5.74, 6) is 0. The first-order valence-electron chi connectivity index (χ1n) is 6.43. The fourth-order valence-electron chi connectivity index (χ4n) is 2.43. The van der Waals surface area contributed by atoms with E-state index in [0.29, 0.717) is 6.42 Å². The predicted octanol–water partition coefficient (Wildman–Crippen LogP) is 3.22. The van der Waals surface area contributed by atoms with E-state index >= 15 is 0 Å². The minimum Gasteiger partial charge on any atom is -0.387 e. The van der Waals surface area contributed by atoms with Crippen LogP contribution in [-0.2, 0) is 19.3 Å². The molecule has 0 bridgehead atoms. The standard InChI is InChI=1S/C15H17NOS/c1-10-5-6-12(16-9-10)8-13(17)15-7-11-3-2-4-14(11)18-15/h5-7,9,13,17H,2-4,8H2,1H3. The lowest BCUT2D eigenvalue weighted by Gasteiger charge is -2.08. The van der Waals surface area contributed by atoms with Crippen LogP contribution in [0.25, 0.3) is 0 Å². The highest BCUT2D eigenvalue weighted by atomic mass is 32.1. The molecule has 1 N–H and O–H groups in total. The molecule has 0 fully saturated rings. The lowest BCUT2D eigenvalue weighted by Crippen LogP contribution is -2.01. The number of fused-ring (bicyclic) bond motifs is 1. The molecule has 2 aromatic heterocycles. The first-order chi connectivity index (χ1) is 8.72. The van der Waals surface area contributed by atoms with Crippen molar-refractivity contribution >= 4 is 11.3 Å². The minimum absolute atomic E-state index is 0.407. The van der Waals surface area contributed by atoms with Crippen molar-refractivity contribution in [1.29, 1.82) is 0 Å². The van der Waals surface area contributed by atoms with Crippen LogP contribution in [0.1, 0.15) is 39.1 Å². The molecule has 0 saturated heterocycles. The molecule has 1 unspecified atom stereocenters. The van der Waals surface area contributed by atoms with Gasteiger partial charge in [-0.05, 0) is 49.4 Å². The summed E-state index contributed by atoms with van der Waals surface area (Å²) < 4.78 is 0. The third-order valence-corrected chi connectivity index (χ3v) is 4.81. The molecule has 0 spiro atoms. The van der Waals surface area contributed by atoms with Gasteiger partial charge in [-0.25, -0.2) is 0 Å². The molecular formula is C15H17NOS. The van der Waals surface area contributed by atoms with Crippen molar-refractivity contribution in [1.82, 2.24) is 4.98 Å². The molecule has 0 aromatic carbocycles. The van der Waals surface area contributed by atoms with Crippen LogP contribution < -0.4 is 0 Å². The number of hydrogen-bond acceptors (Lipinski definition) is 3. The summed E-state index contributed by atoms with van der Waals surface area (Å²) in [5.41, 5.74) is 3.57. The summed E-state index contributed by atoms with van der Waals surface area (Å²) in [5, 5.41) is 10.3. The van der Waals surface area contributed by atoms with E-state index in [9.17, 15) is 5.11 Å². The van der Waals surface area contributed by atoms with Crippen molar-refractivity contribution in [3.05, 3.63) is 51.0 Å². The van der Waals surface area contributed by atoms with E-state index < -0.39 is 6.10 Å². The number of hydrogen-bond donors (Lipinski definition) is 1. The number of thiophene rings is 1. The number of aliphatic hydroxyl groups is 1. The van der Waals surface area contributed by atoms with Crippen LogP contribution in [0.5, 0.6) is 0 Å². The lowest BCUT2D eigenvalue weighted by molar-refractivity contribution is 0.181. The van der Waals surface area contributed by atoms with E-state index in [-0.39, 0.29) is 0 Å². The molecule has 18 heavy (non-hydrogen) atoms. The van der Waals surface area contributed by atoms with Crippen LogP contribution in [0, 0.1) is 6.92 Å². The maximum atomic E-state index is 10.3. The van der Waals surface area contributed by atoms with Crippen molar-refractivity contribution in [2.75, 3.05) is 0 Å². The molecule has 94 valence electrons. The van der Waals surface area contributed by atoms with Crippen molar-refractivity contribution in [3.63, 3.8) is 0 Å². The Morgan fingerprint density at radius 1 is 1.39 bits per heavy atom. The fourth-order valence-corrected chi connectivity index (χ4v) is 3.68. The van der Waals surface area contributed by atoms with Gasteiger partial charge in [0.25, 0.3) is 0 Å². The molecule has 2 heterocycles. The number of rotatable bonds is 3. The molecule has 2 nitrogen and oxygen atoms in total. The highest BCUT2D eigenvalue weighted by Gasteiger charge is 2.19. The second-order valence-electron chi connectivity index (χ2n) is 5.00. The highest BCUT2D eigenvalue weighted by molar-refractivity contribution is 7.12. The summed E-state index contributed by atoms with van der Waals surface area (Å²) in [6, 6.07) is 6.23. The van der Waals surface area contributed by atoms with E-state index in [1.807, 2.05) is 25.3 Å². The molecule has 0 radical (unpaired) electrons. The maximum Gasteiger partial charge on any atom is 0.0937 e. The molecule has 3 rings (SSSR count). The second-order valence-corrected chi connectivity index (χ2v) is 6.17. The van der Waals surface area contributed by atoms with Crippen LogP contribution in [0.15, 0.2) is 24.4 Å². The average Bonchev–Trinajstić information content (AvgIpc) is 2.92. The zero-order valence-corrected chi connectivity index (χ0v) is 11.3. The summed E-state index contributed by atoms with van der Waals surface area (Å²) in [7, 11) is 0. The van der Waals surface area contributed by atoms with Crippen molar-refractivity contribution in [2.45, 2.75) is 38.7 Å². The predicted molar refractivity (Wildman–Crippen MR) is 74.0 cm³/mol. The zero-order chi connectivity index (χ0) is 12.5. The Balaban J connectivity index is 1.74. The Morgan fingerprint density at radius 3 is 3.00 bits per heavy atom. The van der Waals surface area contributed by atoms with Gasteiger partial charge in [-0.1, -0.05) is 6.07 Å². The fraction of sp³-hybridized carbons (Fsp3) is 0.400. The van der Waals surface area contributed by atoms with Crippen molar-refractivity contribution < 1.29 is 5.11 Å². The zero-order valence-electron chi connectivity index (χ0n) is 10.5. The molecule has 0 saturated carbocycles. The largest absolute Gasteiger partial charge is 0.387 e. The highest BCUT2D eigenvalue weighted by Crippen LogP contribution is 2.34. The van der Waals surface area contributed by atoms with Gasteiger partial charge in [-0.15, -0.1) is 11.3 Å². The molecule has 1 atom stereocenters. The minimum atomic E-state index is -0.407. The van der Waals surface area contributed by atoms with Gasteiger partial charge in [-0.2, -0.15) is 0 Å². The second kappa shape index (κ2) is 4.82. The van der Waals surface area contributed by atoms with Gasteiger partial charge >= 0.3 is 0 Å². The van der Waals surface area contributed by atoms with Crippen molar-refractivity contribution in [2.24, 2.45) is 0 Å². The summed E-state index contributed by atoms with van der Waals surface area (Å²) >= 11 is 1.77. The van der Waals surface area contributed by atoms with E-state index in [1.54, 1.807) is 11.3 Å². The van der Waals surface area contributed by atoms with Gasteiger partial charge in [0.05, 0.1) is 6.10 Å². The monoisotopic (exact) mass is 259 g/mol. The lowest BCUT2D eigenvalue weighted by atomic mass is 10.1. The van der Waals surface area contributed by atoms with Gasteiger partial charge in [0.15, 0.2) is 0 Å². The van der Waals surface area contributed by atoms with E-state index in [0.717, 1.165) is 16.1 Å². The Bertz CT molecular complexity index is 523. The number of aryl methyl sites for hydroxylation is 3. The van der Waals surface area contributed by atoms with Crippen LogP contribution in [0.3, 0.4) is 0 Å². The molecule has 0 amide bonds. The topological polar surface area (TPSA) is 33.1 Å². The van der Waals surface area contributed by atoms with Crippen LogP contribution in [-0.4, -0.2) is 10.1 Å². The third kappa shape index (κ3) is 2.33. The first-order valence-corrected chi connectivity index (χ1v) is 7.25. The molecule has 1 aliphatic rings. The SMILES string of the molecule is Cc1ccc(CC(O)c2cc3c(s2)CCC3)nc1. The average molecular weight is 259 g/mol. The van der Waals surface area contributed by atoms with Crippen LogP contribution in [0.2, 0.25) is 0 Å². The van der Waals surface area contributed by atoms with Gasteiger partial charge < -0.3 is 5.11 Å². The quantitative estimate of drug-likeness (QED) is 0.918. The molecule has 0 aliphatic heterocycles. The molecular weight excluding hydrogens is 242 g/mol. The summed E-state index contributed by atoms with van der Waals surface area (Å²) in [6.45, 7) is 2.02. The van der Waals surface area contributed by atoms with E-state index in [4.69, 9.17) is 0 Å². The number of aromatic nitrogens is 1. The number of pyridine rings is 1. The third-order valence-electron chi connectivity index (χ3n) is 3.47. The van der Waals surface area contributed by atoms with E-state index in [1.165, 1.54) is 29.7 Å². The number of nitrogens with zero attached hydrogens (tertiary/aromatic N) is 1. The van der Waals surface area contributed by atoms with Gasteiger partial charge in [0.1, 0.15) is 0 Å². The van der Waals surface area contributed by atoms with Crippen LogP contribution in [0.4, 0.5) is 0 Å². The Kier molecular flexibility index (Phi) is 3.18. The summed E-state index contributed by atoms with van der Waals surface area (Å²) in [4.78, 5) is 6.92. The van der Waals surface area contributed by atoms with Gasteiger partial charge in [0.2, 0.25) is 0 Å². The Morgan fingerprint density at radius 2 is 2.28 bits per heavy atom. The van der Waals surface area contributed by atoms with Crippen molar-refractivity contribution in [3.8, 4) is 0 Å².